The Morgan fingerprint density at radius 1 is 1.08 bits per heavy atom. The molecule has 0 saturated carbocycles. The predicted octanol–water partition coefficient (Wildman–Crippen LogP) is 5.65. The summed E-state index contributed by atoms with van der Waals surface area (Å²) in [5.41, 5.74) is 0.874. The van der Waals surface area contributed by atoms with E-state index in [1.807, 2.05) is 0 Å². The first-order valence-corrected chi connectivity index (χ1v) is 12.3. The summed E-state index contributed by atoms with van der Waals surface area (Å²) >= 11 is 9.44. The molecule has 0 bridgehead atoms. The van der Waals surface area contributed by atoms with Gasteiger partial charge in [0.05, 0.1) is 21.7 Å². The van der Waals surface area contributed by atoms with Gasteiger partial charge in [0.25, 0.3) is 17.5 Å². The van der Waals surface area contributed by atoms with Gasteiger partial charge in [-0.3, -0.25) is 25.0 Å². The minimum absolute atomic E-state index is 0.0262. The van der Waals surface area contributed by atoms with E-state index in [0.29, 0.717) is 32.1 Å². The number of nitro benzene ring substituents is 1. The number of nitro groups is 1. The number of halogens is 2. The predicted molar refractivity (Wildman–Crippen MR) is 143 cm³/mol. The molecule has 4 amide bonds. The quantitative estimate of drug-likeness (QED) is 0.153. The van der Waals surface area contributed by atoms with Crippen molar-refractivity contribution < 1.29 is 28.8 Å². The van der Waals surface area contributed by atoms with Gasteiger partial charge in [0.1, 0.15) is 12.2 Å². The van der Waals surface area contributed by atoms with Gasteiger partial charge in [-0.15, -0.1) is 0 Å². The normalized spacial score (nSPS) is 14.4. The van der Waals surface area contributed by atoms with Crippen LogP contribution in [0.2, 0.25) is 5.02 Å². The molecule has 0 spiro atoms. The molecule has 0 aliphatic carbocycles. The number of barbiturate groups is 1. The topological polar surface area (TPSA) is 128 Å². The van der Waals surface area contributed by atoms with Crippen LogP contribution in [0.25, 0.3) is 6.08 Å². The lowest BCUT2D eigenvalue weighted by molar-refractivity contribution is -0.384. The first-order chi connectivity index (χ1) is 18.2. The van der Waals surface area contributed by atoms with Gasteiger partial charge < -0.3 is 9.47 Å². The third-order valence-electron chi connectivity index (χ3n) is 5.32. The summed E-state index contributed by atoms with van der Waals surface area (Å²) in [5, 5.41) is 13.5. The molecule has 1 heterocycles. The first kappa shape index (κ1) is 26.8. The van der Waals surface area contributed by atoms with Gasteiger partial charge in [0, 0.05) is 17.2 Å². The van der Waals surface area contributed by atoms with Crippen LogP contribution in [0.5, 0.6) is 11.5 Å². The molecule has 0 aromatic heterocycles. The van der Waals surface area contributed by atoms with Gasteiger partial charge in [-0.05, 0) is 70.4 Å². The van der Waals surface area contributed by atoms with Crippen LogP contribution >= 0.6 is 27.5 Å². The highest BCUT2D eigenvalue weighted by atomic mass is 79.9. The molecular weight excluding hydrogens is 582 g/mol. The Hall–Kier alpha value is -4.22. The summed E-state index contributed by atoms with van der Waals surface area (Å²) in [6.45, 7) is 2.09. The summed E-state index contributed by atoms with van der Waals surface area (Å²) < 4.78 is 12.1. The number of nitrogens with zero attached hydrogens (tertiary/aromatic N) is 2. The molecule has 0 atom stereocenters. The highest BCUT2D eigenvalue weighted by Crippen LogP contribution is 2.38. The van der Waals surface area contributed by atoms with Gasteiger partial charge in [0.15, 0.2) is 11.5 Å². The van der Waals surface area contributed by atoms with E-state index in [0.717, 1.165) is 4.90 Å². The number of hydrogen-bond acceptors (Lipinski definition) is 7. The van der Waals surface area contributed by atoms with Crippen molar-refractivity contribution in [1.82, 2.24) is 5.32 Å². The van der Waals surface area contributed by atoms with Crippen molar-refractivity contribution in [1.29, 1.82) is 0 Å². The second-order valence-electron chi connectivity index (χ2n) is 7.92. The fraction of sp³-hybridized carbons (Fsp3) is 0.115. The Labute approximate surface area is 230 Å². The van der Waals surface area contributed by atoms with Crippen LogP contribution in [0, 0.1) is 10.1 Å². The second kappa shape index (κ2) is 11.4. The molecule has 10 nitrogen and oxygen atoms in total. The first-order valence-electron chi connectivity index (χ1n) is 11.2. The van der Waals surface area contributed by atoms with E-state index in [-0.39, 0.29) is 30.2 Å². The molecule has 1 saturated heterocycles. The van der Waals surface area contributed by atoms with Gasteiger partial charge in [-0.1, -0.05) is 29.8 Å². The number of carbonyl (C=O) groups is 3. The fourth-order valence-corrected chi connectivity index (χ4v) is 4.42. The Bertz CT molecular complexity index is 1490. The highest BCUT2D eigenvalue weighted by Gasteiger charge is 2.37. The monoisotopic (exact) mass is 599 g/mol. The van der Waals surface area contributed by atoms with E-state index in [4.69, 9.17) is 21.1 Å². The standard InChI is InChI=1S/C26H19BrClN3O7/c1-2-37-22-12-16(11-21(27)23(22)38-14-15-5-3-8-19(9-15)31(35)36)10-20-24(32)29-26(34)30(25(20)33)18-7-4-6-17(28)13-18/h3-13H,2,14H2,1H3,(H,29,32,34)/b20-10+. The van der Waals surface area contributed by atoms with E-state index in [2.05, 4.69) is 21.2 Å². The van der Waals surface area contributed by atoms with Gasteiger partial charge in [0.2, 0.25) is 0 Å². The minimum Gasteiger partial charge on any atom is -0.490 e. The highest BCUT2D eigenvalue weighted by molar-refractivity contribution is 9.10. The molecule has 4 rings (SSSR count). The number of benzene rings is 3. The van der Waals surface area contributed by atoms with Crippen molar-refractivity contribution >= 4 is 62.8 Å². The average Bonchev–Trinajstić information content (AvgIpc) is 2.86. The van der Waals surface area contributed by atoms with E-state index in [9.17, 15) is 24.5 Å². The Morgan fingerprint density at radius 3 is 2.55 bits per heavy atom. The molecule has 12 heteroatoms. The molecule has 38 heavy (non-hydrogen) atoms. The molecule has 1 aliphatic heterocycles. The maximum atomic E-state index is 13.2. The van der Waals surface area contributed by atoms with Crippen LogP contribution in [0.1, 0.15) is 18.1 Å². The summed E-state index contributed by atoms with van der Waals surface area (Å²) in [4.78, 5) is 49.6. The van der Waals surface area contributed by atoms with Crippen molar-refractivity contribution in [2.45, 2.75) is 13.5 Å². The SMILES string of the molecule is CCOc1cc(/C=C2\C(=O)NC(=O)N(c3cccc(Cl)c3)C2=O)cc(Br)c1OCc1cccc([N+](=O)[O-])c1. The molecule has 3 aromatic carbocycles. The molecule has 0 unspecified atom stereocenters. The van der Waals surface area contributed by atoms with Gasteiger partial charge in [-0.25, -0.2) is 9.69 Å². The Balaban J connectivity index is 1.65. The van der Waals surface area contributed by atoms with E-state index < -0.39 is 22.8 Å². The maximum Gasteiger partial charge on any atom is 0.335 e. The number of carbonyl (C=O) groups excluding carboxylic acids is 3. The molecule has 0 radical (unpaired) electrons. The Morgan fingerprint density at radius 2 is 1.84 bits per heavy atom. The summed E-state index contributed by atoms with van der Waals surface area (Å²) in [6.07, 6.45) is 1.33. The smallest absolute Gasteiger partial charge is 0.335 e. The molecule has 194 valence electrons. The van der Waals surface area contributed by atoms with E-state index in [1.165, 1.54) is 30.3 Å². The number of imide groups is 2. The van der Waals surface area contributed by atoms with E-state index in [1.54, 1.807) is 43.3 Å². The molecule has 1 fully saturated rings. The molecule has 3 aromatic rings. The maximum absolute atomic E-state index is 13.2. The lowest BCUT2D eigenvalue weighted by atomic mass is 10.1. The number of urea groups is 1. The molecule has 1 N–H and O–H groups in total. The van der Waals surface area contributed by atoms with Crippen LogP contribution in [0.15, 0.2) is 70.7 Å². The number of anilines is 1. The number of rotatable bonds is 8. The van der Waals surface area contributed by atoms with Crippen LogP contribution in [-0.4, -0.2) is 29.4 Å². The van der Waals surface area contributed by atoms with Crippen molar-refractivity contribution in [3.05, 3.63) is 97.0 Å². The van der Waals surface area contributed by atoms with Crippen molar-refractivity contribution in [3.8, 4) is 11.5 Å². The summed E-state index contributed by atoms with van der Waals surface area (Å²) in [7, 11) is 0. The Kier molecular flexibility index (Phi) is 8.08. The lowest BCUT2D eigenvalue weighted by Gasteiger charge is -2.26. The average molecular weight is 601 g/mol. The largest absolute Gasteiger partial charge is 0.490 e. The van der Waals surface area contributed by atoms with Crippen molar-refractivity contribution in [3.63, 3.8) is 0 Å². The van der Waals surface area contributed by atoms with Crippen LogP contribution in [0.4, 0.5) is 16.2 Å². The third kappa shape index (κ3) is 5.84. The number of ether oxygens (including phenoxy) is 2. The van der Waals surface area contributed by atoms with Crippen LogP contribution in [0.3, 0.4) is 0 Å². The second-order valence-corrected chi connectivity index (χ2v) is 9.21. The zero-order chi connectivity index (χ0) is 27.4. The number of amides is 4. The lowest BCUT2D eigenvalue weighted by Crippen LogP contribution is -2.54. The third-order valence-corrected chi connectivity index (χ3v) is 6.14. The molecular formula is C26H19BrClN3O7. The van der Waals surface area contributed by atoms with Crippen LogP contribution in [-0.2, 0) is 16.2 Å². The zero-order valence-corrected chi connectivity index (χ0v) is 22.1. The zero-order valence-electron chi connectivity index (χ0n) is 19.8. The number of hydrogen-bond donors (Lipinski definition) is 1. The minimum atomic E-state index is -0.888. The number of nitrogens with one attached hydrogen (secondary N) is 1. The van der Waals surface area contributed by atoms with Crippen molar-refractivity contribution in [2.24, 2.45) is 0 Å². The summed E-state index contributed by atoms with van der Waals surface area (Å²) in [6, 6.07) is 14.5. The van der Waals surface area contributed by atoms with Gasteiger partial charge in [-0.2, -0.15) is 0 Å². The fourth-order valence-electron chi connectivity index (χ4n) is 3.66. The summed E-state index contributed by atoms with van der Waals surface area (Å²) in [5.74, 6) is -1.03. The van der Waals surface area contributed by atoms with Gasteiger partial charge >= 0.3 is 6.03 Å². The number of non-ortho nitro benzene ring substituents is 1. The van der Waals surface area contributed by atoms with E-state index >= 15 is 0 Å². The van der Waals surface area contributed by atoms with Crippen molar-refractivity contribution in [2.75, 3.05) is 11.5 Å². The molecule has 1 aliphatic rings. The van der Waals surface area contributed by atoms with Crippen LogP contribution < -0.4 is 19.7 Å².